The van der Waals surface area contributed by atoms with Gasteiger partial charge in [-0.1, -0.05) is 38.4 Å². The maximum Gasteiger partial charge on any atom is 0.0471 e. The Morgan fingerprint density at radius 2 is 2.00 bits per heavy atom. The van der Waals surface area contributed by atoms with E-state index in [0.29, 0.717) is 12.0 Å². The van der Waals surface area contributed by atoms with Crippen molar-refractivity contribution >= 4 is 17.3 Å². The summed E-state index contributed by atoms with van der Waals surface area (Å²) in [5.74, 6) is 0.811. The van der Waals surface area contributed by atoms with E-state index in [9.17, 15) is 0 Å². The number of nitrogens with zero attached hydrogens (tertiary/aromatic N) is 1. The lowest BCUT2D eigenvalue weighted by molar-refractivity contribution is 0.220. The molecule has 0 amide bonds. The Kier molecular flexibility index (Phi) is 4.98. The molecule has 1 saturated heterocycles. The standard InChI is InChI=1S/C17H27ClN2/c1-17(2,3)14-5-4-9-20(10-8-14)15-7-6-13(12-19)16(18)11-15/h6-7,11,14H,4-5,8-10,12,19H2,1-3H3. The van der Waals surface area contributed by atoms with Crippen molar-refractivity contribution in [2.75, 3.05) is 18.0 Å². The van der Waals surface area contributed by atoms with Crippen molar-refractivity contribution in [2.45, 2.75) is 46.6 Å². The minimum atomic E-state index is 0.414. The van der Waals surface area contributed by atoms with Crippen LogP contribution in [0.5, 0.6) is 0 Å². The van der Waals surface area contributed by atoms with E-state index in [1.165, 1.54) is 24.9 Å². The molecule has 1 aromatic rings. The highest BCUT2D eigenvalue weighted by Gasteiger charge is 2.27. The highest BCUT2D eigenvalue weighted by Crippen LogP contribution is 2.35. The lowest BCUT2D eigenvalue weighted by Crippen LogP contribution is -2.26. The van der Waals surface area contributed by atoms with E-state index in [4.69, 9.17) is 17.3 Å². The van der Waals surface area contributed by atoms with Gasteiger partial charge in [-0.05, 0) is 48.3 Å². The van der Waals surface area contributed by atoms with Crippen molar-refractivity contribution in [1.29, 1.82) is 0 Å². The second-order valence-corrected chi connectivity index (χ2v) is 7.37. The summed E-state index contributed by atoms with van der Waals surface area (Å²) in [6.07, 6.45) is 3.85. The molecule has 112 valence electrons. The number of hydrogen-bond acceptors (Lipinski definition) is 2. The summed E-state index contributed by atoms with van der Waals surface area (Å²) < 4.78 is 0. The Bertz CT molecular complexity index is 451. The Morgan fingerprint density at radius 3 is 2.60 bits per heavy atom. The van der Waals surface area contributed by atoms with Crippen LogP contribution in [0.3, 0.4) is 0 Å². The summed E-state index contributed by atoms with van der Waals surface area (Å²) in [7, 11) is 0. The molecule has 1 unspecified atom stereocenters. The largest absolute Gasteiger partial charge is 0.371 e. The van der Waals surface area contributed by atoms with Crippen molar-refractivity contribution < 1.29 is 0 Å². The number of rotatable bonds is 2. The van der Waals surface area contributed by atoms with Crippen LogP contribution in [0.2, 0.25) is 5.02 Å². The predicted octanol–water partition coefficient (Wildman–Crippen LogP) is 4.45. The number of nitrogens with two attached hydrogens (primary N) is 1. The second-order valence-electron chi connectivity index (χ2n) is 6.96. The summed E-state index contributed by atoms with van der Waals surface area (Å²) >= 11 is 6.28. The van der Waals surface area contributed by atoms with Gasteiger partial charge in [0.2, 0.25) is 0 Å². The minimum absolute atomic E-state index is 0.414. The van der Waals surface area contributed by atoms with Crippen LogP contribution >= 0.6 is 11.6 Å². The second kappa shape index (κ2) is 6.36. The predicted molar refractivity (Wildman–Crippen MR) is 88.4 cm³/mol. The number of benzene rings is 1. The van der Waals surface area contributed by atoms with Crippen LogP contribution in [0.15, 0.2) is 18.2 Å². The van der Waals surface area contributed by atoms with Gasteiger partial charge in [0.05, 0.1) is 0 Å². The first kappa shape index (κ1) is 15.7. The van der Waals surface area contributed by atoms with Crippen molar-refractivity contribution in [3.8, 4) is 0 Å². The Labute approximate surface area is 128 Å². The van der Waals surface area contributed by atoms with Crippen LogP contribution in [0.4, 0.5) is 5.69 Å². The van der Waals surface area contributed by atoms with E-state index >= 15 is 0 Å². The quantitative estimate of drug-likeness (QED) is 0.873. The van der Waals surface area contributed by atoms with Crippen LogP contribution in [-0.2, 0) is 6.54 Å². The van der Waals surface area contributed by atoms with Gasteiger partial charge < -0.3 is 10.6 Å². The van der Waals surface area contributed by atoms with Gasteiger partial charge in [-0.15, -0.1) is 0 Å². The lowest BCUT2D eigenvalue weighted by Gasteiger charge is -2.30. The molecular formula is C17H27ClN2. The van der Waals surface area contributed by atoms with E-state index in [0.717, 1.165) is 29.6 Å². The first-order chi connectivity index (χ1) is 9.41. The molecule has 2 rings (SSSR count). The van der Waals surface area contributed by atoms with Crippen LogP contribution in [0.1, 0.15) is 45.6 Å². The third-order valence-corrected chi connectivity index (χ3v) is 4.93. The summed E-state index contributed by atoms with van der Waals surface area (Å²) in [5, 5.41) is 0.793. The zero-order valence-electron chi connectivity index (χ0n) is 13.0. The van der Waals surface area contributed by atoms with E-state index in [-0.39, 0.29) is 0 Å². The molecule has 0 bridgehead atoms. The molecule has 1 atom stereocenters. The molecule has 0 radical (unpaired) electrons. The van der Waals surface area contributed by atoms with E-state index in [1.54, 1.807) is 0 Å². The third kappa shape index (κ3) is 3.67. The van der Waals surface area contributed by atoms with Gasteiger partial charge in [0, 0.05) is 30.3 Å². The maximum atomic E-state index is 6.28. The Morgan fingerprint density at radius 1 is 1.25 bits per heavy atom. The maximum absolute atomic E-state index is 6.28. The lowest BCUT2D eigenvalue weighted by atomic mass is 9.77. The third-order valence-electron chi connectivity index (χ3n) is 4.57. The van der Waals surface area contributed by atoms with E-state index < -0.39 is 0 Å². The molecule has 1 aromatic carbocycles. The van der Waals surface area contributed by atoms with Crippen molar-refractivity contribution in [3.05, 3.63) is 28.8 Å². The van der Waals surface area contributed by atoms with Crippen molar-refractivity contribution in [2.24, 2.45) is 17.1 Å². The molecule has 3 heteroatoms. The summed E-state index contributed by atoms with van der Waals surface area (Å²) in [6, 6.07) is 6.29. The highest BCUT2D eigenvalue weighted by molar-refractivity contribution is 6.31. The monoisotopic (exact) mass is 294 g/mol. The summed E-state index contributed by atoms with van der Waals surface area (Å²) in [6.45, 7) is 9.84. The number of hydrogen-bond donors (Lipinski definition) is 1. The van der Waals surface area contributed by atoms with Gasteiger partial charge in [0.15, 0.2) is 0 Å². The highest BCUT2D eigenvalue weighted by atomic mass is 35.5. The first-order valence-corrected chi connectivity index (χ1v) is 8.03. The van der Waals surface area contributed by atoms with Crippen LogP contribution in [0.25, 0.3) is 0 Å². The first-order valence-electron chi connectivity index (χ1n) is 7.65. The zero-order chi connectivity index (χ0) is 14.8. The number of halogens is 1. The summed E-state index contributed by atoms with van der Waals surface area (Å²) in [5.41, 5.74) is 8.35. The molecular weight excluding hydrogens is 268 g/mol. The van der Waals surface area contributed by atoms with E-state index in [1.807, 2.05) is 0 Å². The van der Waals surface area contributed by atoms with Gasteiger partial charge >= 0.3 is 0 Å². The molecule has 0 aromatic heterocycles. The number of anilines is 1. The minimum Gasteiger partial charge on any atom is -0.371 e. The van der Waals surface area contributed by atoms with Gasteiger partial charge in [0.1, 0.15) is 0 Å². The Balaban J connectivity index is 2.09. The van der Waals surface area contributed by atoms with Crippen LogP contribution < -0.4 is 10.6 Å². The fourth-order valence-corrected chi connectivity index (χ4v) is 3.37. The van der Waals surface area contributed by atoms with Crippen LogP contribution in [0, 0.1) is 11.3 Å². The van der Waals surface area contributed by atoms with Gasteiger partial charge in [0.25, 0.3) is 0 Å². The average Bonchev–Trinajstić information content (AvgIpc) is 2.63. The van der Waals surface area contributed by atoms with Crippen molar-refractivity contribution in [1.82, 2.24) is 0 Å². The normalized spacial score (nSPS) is 20.9. The fourth-order valence-electron chi connectivity index (χ4n) is 3.12. The molecule has 0 saturated carbocycles. The smallest absolute Gasteiger partial charge is 0.0471 e. The average molecular weight is 295 g/mol. The Hall–Kier alpha value is -0.730. The molecule has 20 heavy (non-hydrogen) atoms. The molecule has 2 N–H and O–H groups in total. The van der Waals surface area contributed by atoms with Crippen LogP contribution in [-0.4, -0.2) is 13.1 Å². The van der Waals surface area contributed by atoms with Gasteiger partial charge in [-0.25, -0.2) is 0 Å². The SMILES string of the molecule is CC(C)(C)C1CCCN(c2ccc(CN)c(Cl)c2)CC1. The summed E-state index contributed by atoms with van der Waals surface area (Å²) in [4.78, 5) is 2.47. The molecule has 2 nitrogen and oxygen atoms in total. The molecule has 1 aliphatic rings. The fraction of sp³-hybridized carbons (Fsp3) is 0.647. The zero-order valence-corrected chi connectivity index (χ0v) is 13.7. The molecule has 0 spiro atoms. The topological polar surface area (TPSA) is 29.3 Å². The molecule has 1 fully saturated rings. The van der Waals surface area contributed by atoms with Crippen molar-refractivity contribution in [3.63, 3.8) is 0 Å². The van der Waals surface area contributed by atoms with Gasteiger partial charge in [-0.3, -0.25) is 0 Å². The molecule has 0 aliphatic carbocycles. The van der Waals surface area contributed by atoms with E-state index in [2.05, 4.69) is 43.9 Å². The molecule has 1 aliphatic heterocycles. The van der Waals surface area contributed by atoms with Gasteiger partial charge in [-0.2, -0.15) is 0 Å². The molecule has 1 heterocycles.